The highest BCUT2D eigenvalue weighted by Crippen LogP contribution is 2.37. The van der Waals surface area contributed by atoms with E-state index >= 15 is 0 Å². The first kappa shape index (κ1) is 17.3. The highest BCUT2D eigenvalue weighted by Gasteiger charge is 2.35. The van der Waals surface area contributed by atoms with Gasteiger partial charge in [-0.2, -0.15) is 0 Å². The molecular formula is C14H20Cl2O4. The molecule has 0 aliphatic heterocycles. The highest BCUT2D eigenvalue weighted by atomic mass is 35.5. The second kappa shape index (κ2) is 7.32. The van der Waals surface area contributed by atoms with Gasteiger partial charge in [0.25, 0.3) is 0 Å². The van der Waals surface area contributed by atoms with E-state index in [0.29, 0.717) is 6.42 Å². The van der Waals surface area contributed by atoms with Crippen LogP contribution in [0.25, 0.3) is 0 Å². The van der Waals surface area contributed by atoms with Crippen LogP contribution < -0.4 is 0 Å². The molecule has 20 heavy (non-hydrogen) atoms. The Labute approximate surface area is 129 Å². The lowest BCUT2D eigenvalue weighted by atomic mass is 9.75. The first-order valence-corrected chi connectivity index (χ1v) is 7.57. The summed E-state index contributed by atoms with van der Waals surface area (Å²) in [6.07, 6.45) is 2.60. The van der Waals surface area contributed by atoms with Gasteiger partial charge in [-0.15, -0.1) is 23.2 Å². The van der Waals surface area contributed by atoms with Gasteiger partial charge in [-0.1, -0.05) is 19.9 Å². The number of carbonyl (C=O) groups excluding carboxylic acids is 2. The fourth-order valence-corrected chi connectivity index (χ4v) is 2.38. The summed E-state index contributed by atoms with van der Waals surface area (Å²) in [7, 11) is 0. The van der Waals surface area contributed by atoms with Crippen molar-refractivity contribution in [3.63, 3.8) is 0 Å². The Morgan fingerprint density at radius 2 is 1.95 bits per heavy atom. The molecule has 1 rings (SSSR count). The van der Waals surface area contributed by atoms with Crippen molar-refractivity contribution < 1.29 is 19.1 Å². The fourth-order valence-electron chi connectivity index (χ4n) is 2.25. The number of hydrogen-bond acceptors (Lipinski definition) is 4. The molecule has 0 fully saturated rings. The molecule has 2 unspecified atom stereocenters. The number of ether oxygens (including phenoxy) is 2. The second-order valence-corrected chi connectivity index (χ2v) is 6.19. The zero-order valence-corrected chi connectivity index (χ0v) is 13.5. The van der Waals surface area contributed by atoms with Gasteiger partial charge >= 0.3 is 11.9 Å². The third kappa shape index (κ3) is 4.98. The lowest BCUT2D eigenvalue weighted by Crippen LogP contribution is -2.36. The largest absolute Gasteiger partial charge is 0.457 e. The zero-order chi connectivity index (χ0) is 15.3. The van der Waals surface area contributed by atoms with E-state index in [2.05, 4.69) is 13.8 Å². The summed E-state index contributed by atoms with van der Waals surface area (Å²) in [4.78, 5) is 22.7. The van der Waals surface area contributed by atoms with E-state index in [1.54, 1.807) is 6.92 Å². The zero-order valence-electron chi connectivity index (χ0n) is 11.9. The summed E-state index contributed by atoms with van der Waals surface area (Å²) in [6, 6.07) is 0. The van der Waals surface area contributed by atoms with E-state index in [0.717, 1.165) is 12.0 Å². The molecule has 0 amide bonds. The number of alkyl halides is 2. The van der Waals surface area contributed by atoms with Gasteiger partial charge in [0.05, 0.1) is 0 Å². The summed E-state index contributed by atoms with van der Waals surface area (Å²) in [5, 5.41) is 0. The van der Waals surface area contributed by atoms with Crippen LogP contribution in [-0.2, 0) is 19.1 Å². The minimum atomic E-state index is -0.493. The monoisotopic (exact) mass is 322 g/mol. The van der Waals surface area contributed by atoms with E-state index in [9.17, 15) is 9.59 Å². The summed E-state index contributed by atoms with van der Waals surface area (Å²) >= 11 is 10.9. The molecular weight excluding hydrogens is 303 g/mol. The Hall–Kier alpha value is -0.740. The van der Waals surface area contributed by atoms with E-state index in [4.69, 9.17) is 32.7 Å². The number of allylic oxidation sites excluding steroid dienone is 1. The van der Waals surface area contributed by atoms with Crippen LogP contribution in [0.1, 0.15) is 33.6 Å². The smallest absolute Gasteiger partial charge is 0.321 e. The first-order valence-electron chi connectivity index (χ1n) is 6.50. The summed E-state index contributed by atoms with van der Waals surface area (Å²) < 4.78 is 10.6. The molecule has 0 saturated heterocycles. The van der Waals surface area contributed by atoms with Crippen molar-refractivity contribution >= 4 is 35.1 Å². The number of carbonyl (C=O) groups is 2. The molecule has 6 heteroatoms. The molecule has 0 N–H and O–H groups in total. The van der Waals surface area contributed by atoms with Crippen LogP contribution in [0, 0.1) is 5.41 Å². The maximum atomic E-state index is 11.4. The molecule has 0 aromatic carbocycles. The predicted octanol–water partition coefficient (Wildman–Crippen LogP) is 3.05. The van der Waals surface area contributed by atoms with Crippen LogP contribution in [0.2, 0.25) is 0 Å². The Kier molecular flexibility index (Phi) is 6.34. The lowest BCUT2D eigenvalue weighted by Gasteiger charge is -2.36. The number of halogens is 2. The van der Waals surface area contributed by atoms with Crippen molar-refractivity contribution in [2.24, 2.45) is 5.41 Å². The van der Waals surface area contributed by atoms with Gasteiger partial charge in [0, 0.05) is 5.57 Å². The Morgan fingerprint density at radius 1 is 1.35 bits per heavy atom. The van der Waals surface area contributed by atoms with Crippen LogP contribution in [0.4, 0.5) is 0 Å². The Balaban J connectivity index is 2.85. The maximum absolute atomic E-state index is 11.4. The molecule has 114 valence electrons. The summed E-state index contributed by atoms with van der Waals surface area (Å²) in [5.41, 5.74) is 0.818. The standard InChI is InChI=1S/C14H20Cl2O4/c1-9(19-12(17)7-15)10-4-5-14(2,3)6-11(10)20-13(18)8-16/h4,9,11H,5-8H2,1-3H3. The Bertz CT molecular complexity index is 404. The van der Waals surface area contributed by atoms with E-state index in [-0.39, 0.29) is 17.2 Å². The molecule has 0 saturated carbocycles. The van der Waals surface area contributed by atoms with E-state index in [1.807, 2.05) is 6.08 Å². The van der Waals surface area contributed by atoms with Crippen molar-refractivity contribution in [2.75, 3.05) is 11.8 Å². The van der Waals surface area contributed by atoms with Crippen molar-refractivity contribution in [1.82, 2.24) is 0 Å². The number of rotatable bonds is 5. The molecule has 0 bridgehead atoms. The van der Waals surface area contributed by atoms with Gasteiger partial charge < -0.3 is 9.47 Å². The molecule has 0 radical (unpaired) electrons. The van der Waals surface area contributed by atoms with Gasteiger partial charge in [0.2, 0.25) is 0 Å². The molecule has 0 heterocycles. The van der Waals surface area contributed by atoms with Crippen LogP contribution in [-0.4, -0.2) is 35.9 Å². The van der Waals surface area contributed by atoms with Crippen molar-refractivity contribution in [3.05, 3.63) is 11.6 Å². The molecule has 0 spiro atoms. The quantitative estimate of drug-likeness (QED) is 0.443. The summed E-state index contributed by atoms with van der Waals surface area (Å²) in [5.74, 6) is -1.36. The normalized spacial score (nSPS) is 22.6. The van der Waals surface area contributed by atoms with Crippen LogP contribution in [0.5, 0.6) is 0 Å². The summed E-state index contributed by atoms with van der Waals surface area (Å²) in [6.45, 7) is 5.94. The molecule has 0 aromatic heterocycles. The number of hydrogen-bond donors (Lipinski definition) is 0. The third-order valence-corrected chi connectivity index (χ3v) is 3.71. The average molecular weight is 323 g/mol. The number of esters is 2. The minimum Gasteiger partial charge on any atom is -0.457 e. The van der Waals surface area contributed by atoms with Crippen molar-refractivity contribution in [2.45, 2.75) is 45.8 Å². The van der Waals surface area contributed by atoms with E-state index in [1.165, 1.54) is 0 Å². The van der Waals surface area contributed by atoms with Gasteiger partial charge in [0.1, 0.15) is 24.0 Å². The molecule has 2 atom stereocenters. The second-order valence-electron chi connectivity index (χ2n) is 5.65. The molecule has 1 aliphatic rings. The van der Waals surface area contributed by atoms with Crippen LogP contribution in [0.3, 0.4) is 0 Å². The fraction of sp³-hybridized carbons (Fsp3) is 0.714. The topological polar surface area (TPSA) is 52.6 Å². The Morgan fingerprint density at radius 3 is 2.50 bits per heavy atom. The van der Waals surface area contributed by atoms with Crippen LogP contribution >= 0.6 is 23.2 Å². The molecule has 1 aliphatic carbocycles. The van der Waals surface area contributed by atoms with Crippen LogP contribution in [0.15, 0.2) is 11.6 Å². The molecule has 4 nitrogen and oxygen atoms in total. The minimum absolute atomic E-state index is 0.0248. The van der Waals surface area contributed by atoms with Gasteiger partial charge in [-0.25, -0.2) is 0 Å². The first-order chi connectivity index (χ1) is 9.29. The van der Waals surface area contributed by atoms with Crippen molar-refractivity contribution in [1.29, 1.82) is 0 Å². The highest BCUT2D eigenvalue weighted by molar-refractivity contribution is 6.26. The lowest BCUT2D eigenvalue weighted by molar-refractivity contribution is -0.148. The van der Waals surface area contributed by atoms with Gasteiger partial charge in [-0.05, 0) is 25.2 Å². The van der Waals surface area contributed by atoms with Gasteiger partial charge in [0.15, 0.2) is 0 Å². The third-order valence-electron chi connectivity index (χ3n) is 3.27. The maximum Gasteiger partial charge on any atom is 0.321 e. The average Bonchev–Trinajstić information content (AvgIpc) is 2.37. The predicted molar refractivity (Wildman–Crippen MR) is 78.0 cm³/mol. The van der Waals surface area contributed by atoms with Crippen molar-refractivity contribution in [3.8, 4) is 0 Å². The SMILES string of the molecule is CC(OC(=O)CCl)C1=CCC(C)(C)CC1OC(=O)CCl. The van der Waals surface area contributed by atoms with E-state index < -0.39 is 24.1 Å². The van der Waals surface area contributed by atoms with Gasteiger partial charge in [-0.3, -0.25) is 9.59 Å². The molecule has 0 aromatic rings.